The Morgan fingerprint density at radius 2 is 1.31 bits per heavy atom. The van der Waals surface area contributed by atoms with Crippen LogP contribution in [0.3, 0.4) is 0 Å². The molecule has 3 heterocycles. The summed E-state index contributed by atoms with van der Waals surface area (Å²) in [5.41, 5.74) is 5.55. The second-order valence-electron chi connectivity index (χ2n) is 8.51. The normalized spacial score (nSPS) is 12.7. The molecular formula is C28H10BN5O2. The molecule has 4 aromatic rings. The molecule has 0 bridgehead atoms. The van der Waals surface area contributed by atoms with Crippen molar-refractivity contribution >= 4 is 51.5 Å². The standard InChI is InChI=1S/C28H10BN5O2/c1-32-20-11-10-19-23-27(20)36-28-21(33-2)12-16(14-31)26-24(28)34(23)22-18(9-8-15(13-30)25(22)35-26)29(19)17-6-4-3-5-7-17/h3-12H. The SMILES string of the molecule is [C-]#[N+]c1ccc2c3c1Oc1c([N+]#[C-])cc(C#N)c4c1N3c1c(ccc(C#N)c1O4)B2c1ccccc1. The lowest BCUT2D eigenvalue weighted by molar-refractivity contribution is 0.447. The van der Waals surface area contributed by atoms with E-state index in [0.717, 1.165) is 16.4 Å². The minimum Gasteiger partial charge on any atom is -0.475 e. The summed E-state index contributed by atoms with van der Waals surface area (Å²) in [6.07, 6.45) is 0. The van der Waals surface area contributed by atoms with E-state index in [1.807, 2.05) is 47.4 Å². The van der Waals surface area contributed by atoms with Gasteiger partial charge in [0.15, 0.2) is 23.0 Å². The number of anilines is 3. The van der Waals surface area contributed by atoms with E-state index >= 15 is 0 Å². The van der Waals surface area contributed by atoms with Gasteiger partial charge < -0.3 is 9.47 Å². The smallest absolute Gasteiger partial charge is 0.246 e. The fourth-order valence-corrected chi connectivity index (χ4v) is 5.37. The van der Waals surface area contributed by atoms with Crippen molar-refractivity contribution in [3.8, 4) is 35.1 Å². The van der Waals surface area contributed by atoms with Crippen molar-refractivity contribution in [3.05, 3.63) is 94.6 Å². The Morgan fingerprint density at radius 1 is 0.694 bits per heavy atom. The predicted octanol–water partition coefficient (Wildman–Crippen LogP) is 5.04. The van der Waals surface area contributed by atoms with E-state index in [1.54, 1.807) is 12.1 Å². The van der Waals surface area contributed by atoms with Crippen LogP contribution in [-0.4, -0.2) is 6.71 Å². The number of hydrogen-bond acceptors (Lipinski definition) is 5. The summed E-state index contributed by atoms with van der Waals surface area (Å²) in [5, 5.41) is 19.8. The molecule has 0 N–H and O–H groups in total. The number of hydrogen-bond donors (Lipinski definition) is 0. The van der Waals surface area contributed by atoms with Crippen LogP contribution < -0.4 is 30.8 Å². The Balaban J connectivity index is 1.69. The van der Waals surface area contributed by atoms with E-state index in [9.17, 15) is 10.5 Å². The first kappa shape index (κ1) is 19.7. The van der Waals surface area contributed by atoms with Crippen LogP contribution in [0.4, 0.5) is 28.4 Å². The van der Waals surface area contributed by atoms with E-state index in [0.29, 0.717) is 39.8 Å². The highest BCUT2D eigenvalue weighted by molar-refractivity contribution is 6.98. The Morgan fingerprint density at radius 3 is 2.00 bits per heavy atom. The first-order valence-corrected chi connectivity index (χ1v) is 11.0. The van der Waals surface area contributed by atoms with E-state index in [4.69, 9.17) is 22.6 Å². The van der Waals surface area contributed by atoms with Gasteiger partial charge in [-0.3, -0.25) is 4.90 Å². The first-order valence-electron chi connectivity index (χ1n) is 11.0. The van der Waals surface area contributed by atoms with Gasteiger partial charge in [0.1, 0.15) is 17.8 Å². The first-order chi connectivity index (χ1) is 17.7. The van der Waals surface area contributed by atoms with Crippen molar-refractivity contribution in [2.24, 2.45) is 0 Å². The summed E-state index contributed by atoms with van der Waals surface area (Å²) < 4.78 is 12.6. The maximum Gasteiger partial charge on any atom is 0.246 e. The monoisotopic (exact) mass is 459 g/mol. The van der Waals surface area contributed by atoms with Crippen molar-refractivity contribution in [3.63, 3.8) is 0 Å². The van der Waals surface area contributed by atoms with Crippen molar-refractivity contribution in [1.82, 2.24) is 0 Å². The van der Waals surface area contributed by atoms with Crippen LogP contribution >= 0.6 is 0 Å². The summed E-state index contributed by atoms with van der Waals surface area (Å²) in [7, 11) is 0. The highest BCUT2D eigenvalue weighted by atomic mass is 16.5. The molecule has 0 unspecified atom stereocenters. The highest BCUT2D eigenvalue weighted by Gasteiger charge is 2.47. The lowest BCUT2D eigenvalue weighted by Crippen LogP contribution is -2.58. The molecule has 36 heavy (non-hydrogen) atoms. The van der Waals surface area contributed by atoms with Crippen molar-refractivity contribution in [2.45, 2.75) is 0 Å². The molecule has 4 aromatic carbocycles. The summed E-state index contributed by atoms with van der Waals surface area (Å²) in [5.74, 6) is 1.14. The lowest BCUT2D eigenvalue weighted by Gasteiger charge is -2.45. The predicted molar refractivity (Wildman–Crippen MR) is 134 cm³/mol. The van der Waals surface area contributed by atoms with Gasteiger partial charge in [0.05, 0.1) is 35.6 Å². The van der Waals surface area contributed by atoms with Gasteiger partial charge in [-0.05, 0) is 23.1 Å². The van der Waals surface area contributed by atoms with Crippen LogP contribution in [0.2, 0.25) is 0 Å². The van der Waals surface area contributed by atoms with E-state index < -0.39 is 0 Å². The van der Waals surface area contributed by atoms with Crippen LogP contribution in [0.5, 0.6) is 23.0 Å². The van der Waals surface area contributed by atoms with Gasteiger partial charge in [-0.15, -0.1) is 0 Å². The minimum atomic E-state index is -0.216. The average Bonchev–Trinajstić information content (AvgIpc) is 2.93. The Kier molecular flexibility index (Phi) is 3.79. The number of rotatable bonds is 1. The molecule has 7 rings (SSSR count). The van der Waals surface area contributed by atoms with E-state index in [-0.39, 0.29) is 29.5 Å². The molecule has 0 saturated carbocycles. The molecule has 8 heteroatoms. The van der Waals surface area contributed by atoms with Crippen LogP contribution in [-0.2, 0) is 0 Å². The number of nitriles is 2. The maximum absolute atomic E-state index is 9.93. The van der Waals surface area contributed by atoms with Crippen LogP contribution in [0.25, 0.3) is 9.69 Å². The summed E-state index contributed by atoms with van der Waals surface area (Å²) >= 11 is 0. The molecule has 3 aliphatic rings. The number of nitrogens with zero attached hydrogens (tertiary/aromatic N) is 5. The summed E-state index contributed by atoms with van der Waals surface area (Å²) in [6.45, 7) is 15.3. The summed E-state index contributed by atoms with van der Waals surface area (Å²) in [6, 6.07) is 23.0. The Hall–Kier alpha value is -5.70. The van der Waals surface area contributed by atoms with Gasteiger partial charge in [0.25, 0.3) is 0 Å². The third-order valence-electron chi connectivity index (χ3n) is 6.81. The molecule has 0 spiro atoms. The molecule has 0 atom stereocenters. The zero-order chi connectivity index (χ0) is 24.6. The second-order valence-corrected chi connectivity index (χ2v) is 8.51. The van der Waals surface area contributed by atoms with Gasteiger partial charge in [-0.1, -0.05) is 54.0 Å². The summed E-state index contributed by atoms with van der Waals surface area (Å²) in [4.78, 5) is 9.21. The fraction of sp³-hybridized carbons (Fsp3) is 0. The Labute approximate surface area is 206 Å². The van der Waals surface area contributed by atoms with Crippen molar-refractivity contribution in [1.29, 1.82) is 10.5 Å². The van der Waals surface area contributed by atoms with Crippen molar-refractivity contribution in [2.75, 3.05) is 4.90 Å². The second kappa shape index (κ2) is 6.91. The molecule has 0 saturated heterocycles. The van der Waals surface area contributed by atoms with Gasteiger partial charge in [0, 0.05) is 0 Å². The van der Waals surface area contributed by atoms with Gasteiger partial charge >= 0.3 is 0 Å². The maximum atomic E-state index is 9.93. The molecule has 0 aliphatic carbocycles. The molecule has 0 amide bonds. The number of ether oxygens (including phenoxy) is 2. The van der Waals surface area contributed by atoms with E-state index in [1.165, 1.54) is 6.07 Å². The van der Waals surface area contributed by atoms with Crippen molar-refractivity contribution < 1.29 is 9.47 Å². The quantitative estimate of drug-likeness (QED) is 0.254. The number of benzene rings is 4. The minimum absolute atomic E-state index is 0.146. The Bertz CT molecular complexity index is 1740. The molecule has 0 aromatic heterocycles. The zero-order valence-electron chi connectivity index (χ0n) is 18.4. The molecule has 7 nitrogen and oxygen atoms in total. The molecule has 0 fully saturated rings. The lowest BCUT2D eigenvalue weighted by atomic mass is 9.35. The molecule has 0 radical (unpaired) electrons. The highest BCUT2D eigenvalue weighted by Crippen LogP contribution is 2.64. The topological polar surface area (TPSA) is 78.0 Å². The molecular weight excluding hydrogens is 449 g/mol. The third kappa shape index (κ3) is 2.28. The van der Waals surface area contributed by atoms with Crippen LogP contribution in [0.15, 0.2) is 60.7 Å². The fourth-order valence-electron chi connectivity index (χ4n) is 5.37. The van der Waals surface area contributed by atoms with Crippen LogP contribution in [0, 0.1) is 35.8 Å². The zero-order valence-corrected chi connectivity index (χ0v) is 18.4. The van der Waals surface area contributed by atoms with Gasteiger partial charge in [-0.25, -0.2) is 9.69 Å². The molecule has 3 aliphatic heterocycles. The van der Waals surface area contributed by atoms with Crippen LogP contribution in [0.1, 0.15) is 11.1 Å². The third-order valence-corrected chi connectivity index (χ3v) is 6.81. The van der Waals surface area contributed by atoms with Gasteiger partial charge in [0.2, 0.25) is 18.1 Å². The average molecular weight is 459 g/mol. The van der Waals surface area contributed by atoms with Gasteiger partial charge in [-0.2, -0.15) is 10.5 Å². The largest absolute Gasteiger partial charge is 0.475 e. The van der Waals surface area contributed by atoms with E-state index in [2.05, 4.69) is 21.8 Å². The molecule has 162 valence electrons.